The molecular weight excluding hydrogens is 1190 g/mol. The van der Waals surface area contributed by atoms with Crippen molar-refractivity contribution in [3.8, 4) is 50.6 Å². The predicted octanol–water partition coefficient (Wildman–Crippen LogP) is 21.2. The maximum atomic E-state index is 8.71. The van der Waals surface area contributed by atoms with Crippen molar-refractivity contribution in [1.82, 2.24) is 19.5 Å². The minimum Gasteiger partial charge on any atom is -0.499 e. The van der Waals surface area contributed by atoms with Crippen LogP contribution in [0, 0.1) is 19.0 Å². The van der Waals surface area contributed by atoms with Crippen molar-refractivity contribution < 1.29 is 33.1 Å². The Bertz CT molecular complexity index is 4640. The summed E-state index contributed by atoms with van der Waals surface area (Å²) in [4.78, 5) is 14.8. The van der Waals surface area contributed by atoms with Crippen LogP contribution in [0.15, 0.2) is 179 Å². The van der Waals surface area contributed by atoms with Crippen LogP contribution in [0.2, 0.25) is 0 Å². The topological polar surface area (TPSA) is 69.9 Å². The first kappa shape index (κ1) is 53.1. The number of aryl methyl sites for hydroxylation is 1. The van der Waals surface area contributed by atoms with Gasteiger partial charge in [-0.25, -0.2) is 4.98 Å². The first-order valence-corrected chi connectivity index (χ1v) is 28.7. The van der Waals surface area contributed by atoms with E-state index in [-0.39, 0.29) is 53.7 Å². The van der Waals surface area contributed by atoms with Crippen molar-refractivity contribution in [3.63, 3.8) is 0 Å². The van der Waals surface area contributed by atoms with Crippen molar-refractivity contribution in [2.45, 2.75) is 125 Å². The molecule has 6 nitrogen and oxygen atoms in total. The zero-order valence-corrected chi connectivity index (χ0v) is 52.2. The van der Waals surface area contributed by atoms with E-state index in [0.717, 1.165) is 71.8 Å². The molecule has 83 heavy (non-hydrogen) atoms. The summed E-state index contributed by atoms with van der Waals surface area (Å²) in [6.07, 6.45) is 1.87. The van der Waals surface area contributed by atoms with E-state index in [2.05, 4.69) is 215 Å². The molecule has 0 unspecified atom stereocenters. The second-order valence-corrected chi connectivity index (χ2v) is 25.7. The van der Waals surface area contributed by atoms with E-state index in [0.29, 0.717) is 44.8 Å². The van der Waals surface area contributed by atoms with Gasteiger partial charge in [0.1, 0.15) is 16.7 Å². The van der Waals surface area contributed by atoms with Gasteiger partial charge < -0.3 is 18.4 Å². The summed E-state index contributed by atoms with van der Waals surface area (Å²) in [5.41, 5.74) is 19.0. The van der Waals surface area contributed by atoms with Crippen molar-refractivity contribution in [1.29, 1.82) is 0 Å². The molecule has 0 atom stereocenters. The van der Waals surface area contributed by atoms with Gasteiger partial charge in [-0.15, -0.1) is 53.6 Å². The van der Waals surface area contributed by atoms with Crippen LogP contribution in [0.1, 0.15) is 139 Å². The number of rotatable bonds is 7. The van der Waals surface area contributed by atoms with E-state index in [1.165, 1.54) is 27.8 Å². The molecule has 0 amide bonds. The molecule has 0 aliphatic carbocycles. The summed E-state index contributed by atoms with van der Waals surface area (Å²) in [6.45, 7) is 26.9. The van der Waals surface area contributed by atoms with Crippen LogP contribution in [-0.2, 0) is 36.4 Å². The van der Waals surface area contributed by atoms with Crippen LogP contribution in [0.5, 0.6) is 0 Å². The Morgan fingerprint density at radius 2 is 1.18 bits per heavy atom. The van der Waals surface area contributed by atoms with Crippen LogP contribution >= 0.6 is 0 Å². The van der Waals surface area contributed by atoms with Gasteiger partial charge in [-0.1, -0.05) is 199 Å². The molecule has 8 aromatic carbocycles. The number of para-hydroxylation sites is 1. The SMILES string of the molecule is CC(C)(C)c1ccnc(-c2[c-]cccc2)c1.[2H]C([2H])([2H])c1c[c-]c(-c2nc3ccc4ccccc4c3n2-c2c(C(C)C)cc(-c3ccc(-c4cc(C(C)(C)C)cc(C(C)(C)C)c4)cc3)cc2C(C)C)c2oc3cc4c(nc3c12)oc1ccccc14.[Ir]. The third-order valence-corrected chi connectivity index (χ3v) is 16.1. The van der Waals surface area contributed by atoms with E-state index >= 15 is 0 Å². The van der Waals surface area contributed by atoms with Crippen molar-refractivity contribution in [2.75, 3.05) is 0 Å². The largest absolute Gasteiger partial charge is 0.499 e. The Labute approximate surface area is 506 Å². The Morgan fingerprint density at radius 1 is 0.554 bits per heavy atom. The van der Waals surface area contributed by atoms with E-state index in [1.807, 2.05) is 60.8 Å². The molecule has 5 heterocycles. The number of aromatic nitrogens is 4. The molecule has 0 saturated heterocycles. The number of fused-ring (bicyclic) bond motifs is 9. The van der Waals surface area contributed by atoms with Crippen molar-refractivity contribution in [2.24, 2.45) is 0 Å². The fourth-order valence-electron chi connectivity index (χ4n) is 11.4. The van der Waals surface area contributed by atoms with Crippen LogP contribution in [0.4, 0.5) is 0 Å². The van der Waals surface area contributed by atoms with Gasteiger partial charge in [-0.3, -0.25) is 4.98 Å². The Hall–Kier alpha value is -7.96. The minimum absolute atomic E-state index is 0. The third-order valence-electron chi connectivity index (χ3n) is 16.1. The summed E-state index contributed by atoms with van der Waals surface area (Å²) in [5, 5.41) is 4.23. The van der Waals surface area contributed by atoms with Gasteiger partial charge in [-0.2, -0.15) is 0 Å². The molecule has 13 aromatic rings. The number of benzene rings is 8. The molecule has 5 aromatic heterocycles. The van der Waals surface area contributed by atoms with Gasteiger partial charge in [0.15, 0.2) is 0 Å². The molecule has 0 aliphatic heterocycles. The van der Waals surface area contributed by atoms with Gasteiger partial charge in [-0.05, 0) is 131 Å². The molecular formula is C76H72IrN4O2-2. The average Bonchev–Trinajstić information content (AvgIpc) is 1.54. The van der Waals surface area contributed by atoms with E-state index in [9.17, 15) is 0 Å². The number of imidazole rings is 1. The van der Waals surface area contributed by atoms with Gasteiger partial charge in [0.2, 0.25) is 5.71 Å². The number of hydrogen-bond donors (Lipinski definition) is 0. The summed E-state index contributed by atoms with van der Waals surface area (Å²) in [7, 11) is 0. The number of furan rings is 2. The Kier molecular flexibility index (Phi) is 13.8. The van der Waals surface area contributed by atoms with Crippen LogP contribution in [0.25, 0.3) is 117 Å². The molecule has 1 radical (unpaired) electrons. The van der Waals surface area contributed by atoms with E-state index < -0.39 is 6.85 Å². The predicted molar refractivity (Wildman–Crippen MR) is 344 cm³/mol. The zero-order chi connectivity index (χ0) is 60.1. The fraction of sp³-hybridized carbons (Fsp3) is 0.250. The summed E-state index contributed by atoms with van der Waals surface area (Å²) in [6, 6.07) is 63.5. The third kappa shape index (κ3) is 10.6. The Morgan fingerprint density at radius 3 is 1.81 bits per heavy atom. The molecule has 0 saturated carbocycles. The molecule has 13 rings (SSSR count). The van der Waals surface area contributed by atoms with Crippen LogP contribution in [-0.4, -0.2) is 19.5 Å². The second-order valence-electron chi connectivity index (χ2n) is 25.7. The molecule has 0 fully saturated rings. The fourth-order valence-corrected chi connectivity index (χ4v) is 11.4. The minimum atomic E-state index is -2.49. The van der Waals surface area contributed by atoms with Crippen LogP contribution < -0.4 is 0 Å². The molecule has 0 spiro atoms. The van der Waals surface area contributed by atoms with Crippen molar-refractivity contribution >= 4 is 65.9 Å². The number of pyridine rings is 2. The molecule has 0 N–H and O–H groups in total. The average molecular weight is 1270 g/mol. The van der Waals surface area contributed by atoms with E-state index in [1.54, 1.807) is 6.07 Å². The van der Waals surface area contributed by atoms with E-state index in [4.69, 9.17) is 22.9 Å². The second kappa shape index (κ2) is 21.7. The van der Waals surface area contributed by atoms with Gasteiger partial charge in [0.25, 0.3) is 0 Å². The first-order valence-electron chi connectivity index (χ1n) is 30.2. The quantitative estimate of drug-likeness (QED) is 0.149. The number of nitrogens with zero attached hydrogens (tertiary/aromatic N) is 4. The summed E-state index contributed by atoms with van der Waals surface area (Å²) >= 11 is 0. The monoisotopic (exact) mass is 1270 g/mol. The first-order chi connectivity index (χ1) is 40.3. The molecule has 7 heteroatoms. The smallest absolute Gasteiger partial charge is 0.228 e. The standard InChI is InChI=1S/C61H56N3O2.C15H16N.Ir/c1-34(2)47-30-41(38-23-21-37(22-24-38)40-28-42(60(6,7)8)32-43(29-40)61(9,10)11)31-48(35(3)4)55(47)64-56-44-17-13-12-16-39(44)25-27-50(56)62-58(64)46-26-20-36(5)53-54-52(65-57(46)53)33-49-45-18-14-15-19-51(45)66-59(49)63-54;1-15(2,3)13-9-10-16-14(11-13)12-7-5-4-6-8-12;/h12-25,27-35H,1-11H3;4-7,9-11H,1-3H3;/q2*-1;/i5D3;;. The van der Waals surface area contributed by atoms with Gasteiger partial charge in [0.05, 0.1) is 27.8 Å². The maximum Gasteiger partial charge on any atom is 0.228 e. The summed E-state index contributed by atoms with van der Waals surface area (Å²) in [5.74, 6) is 0.816. The molecule has 0 bridgehead atoms. The van der Waals surface area contributed by atoms with Crippen molar-refractivity contribution in [3.05, 3.63) is 216 Å². The zero-order valence-electron chi connectivity index (χ0n) is 52.8. The van der Waals surface area contributed by atoms with Crippen LogP contribution in [0.3, 0.4) is 0 Å². The molecule has 0 aliphatic rings. The Balaban J connectivity index is 0.000000391. The van der Waals surface area contributed by atoms with Gasteiger partial charge >= 0.3 is 0 Å². The maximum absolute atomic E-state index is 8.71. The van der Waals surface area contributed by atoms with Gasteiger partial charge in [0, 0.05) is 46.9 Å². The normalized spacial score (nSPS) is 13.0. The molecule has 419 valence electrons. The summed E-state index contributed by atoms with van der Waals surface area (Å²) < 4.78 is 41.5. The number of hydrogen-bond acceptors (Lipinski definition) is 5.